The van der Waals surface area contributed by atoms with Gasteiger partial charge in [-0.1, -0.05) is 52.3 Å². The first-order valence-corrected chi connectivity index (χ1v) is 11.1. The molecule has 0 aliphatic carbocycles. The highest BCUT2D eigenvalue weighted by Gasteiger charge is 2.36. The van der Waals surface area contributed by atoms with Crippen LogP contribution in [0.3, 0.4) is 0 Å². The lowest BCUT2D eigenvalue weighted by molar-refractivity contribution is -0.162. The Morgan fingerprint density at radius 3 is 2.62 bits per heavy atom. The quantitative estimate of drug-likeness (QED) is 0.308. The summed E-state index contributed by atoms with van der Waals surface area (Å²) < 4.78 is 17.4. The molecule has 0 bridgehead atoms. The predicted octanol–water partition coefficient (Wildman–Crippen LogP) is 5.24. The molecule has 1 heterocycles. The zero-order valence-electron chi connectivity index (χ0n) is 19.1. The third-order valence-corrected chi connectivity index (χ3v) is 5.86. The Labute approximate surface area is 176 Å². The van der Waals surface area contributed by atoms with Gasteiger partial charge in [0.1, 0.15) is 12.2 Å². The van der Waals surface area contributed by atoms with Gasteiger partial charge in [-0.2, -0.15) is 0 Å². The molecule has 5 nitrogen and oxygen atoms in total. The van der Waals surface area contributed by atoms with Crippen LogP contribution in [0.2, 0.25) is 0 Å². The zero-order valence-corrected chi connectivity index (χ0v) is 19.1. The molecule has 0 aromatic rings. The van der Waals surface area contributed by atoms with Gasteiger partial charge >= 0.3 is 11.9 Å². The first-order chi connectivity index (χ1) is 13.9. The Kier molecular flexibility index (Phi) is 11.9. The van der Waals surface area contributed by atoms with Gasteiger partial charge in [0.15, 0.2) is 0 Å². The zero-order chi connectivity index (χ0) is 21.8. The van der Waals surface area contributed by atoms with Crippen LogP contribution in [0, 0.1) is 17.8 Å². The Morgan fingerprint density at radius 1 is 1.31 bits per heavy atom. The molecule has 0 saturated carbocycles. The van der Waals surface area contributed by atoms with Gasteiger partial charge in [-0.05, 0) is 32.1 Å². The summed E-state index contributed by atoms with van der Waals surface area (Å²) in [6.45, 7) is 10.4. The molecule has 1 aliphatic heterocycles. The first kappa shape index (κ1) is 25.4. The van der Waals surface area contributed by atoms with Crippen molar-refractivity contribution in [2.24, 2.45) is 17.8 Å². The lowest BCUT2D eigenvalue weighted by Gasteiger charge is -2.36. The van der Waals surface area contributed by atoms with Crippen molar-refractivity contribution in [2.45, 2.75) is 91.5 Å². The molecule has 0 aromatic carbocycles. The van der Waals surface area contributed by atoms with Crippen molar-refractivity contribution in [3.63, 3.8) is 0 Å². The minimum absolute atomic E-state index is 0.0204. The smallest absolute Gasteiger partial charge is 0.330 e. The summed E-state index contributed by atoms with van der Waals surface area (Å²) in [7, 11) is 1.71. The number of rotatable bonds is 13. The molecule has 6 atom stereocenters. The van der Waals surface area contributed by atoms with Crippen LogP contribution in [0.4, 0.5) is 0 Å². The summed E-state index contributed by atoms with van der Waals surface area (Å²) in [5, 5.41) is 0. The Hall–Kier alpha value is -1.62. The number of carbonyl (C=O) groups excluding carboxylic acids is 2. The maximum absolute atomic E-state index is 12.4. The molecule has 1 rings (SSSR count). The number of cyclic esters (lactones) is 1. The molecule has 0 spiro atoms. The lowest BCUT2D eigenvalue weighted by atomic mass is 9.83. The van der Waals surface area contributed by atoms with Crippen molar-refractivity contribution < 1.29 is 23.8 Å². The van der Waals surface area contributed by atoms with Gasteiger partial charge in [-0.3, -0.25) is 4.79 Å². The van der Waals surface area contributed by atoms with E-state index in [1.807, 2.05) is 19.1 Å². The van der Waals surface area contributed by atoms with E-state index in [9.17, 15) is 9.59 Å². The molecule has 0 amide bonds. The van der Waals surface area contributed by atoms with E-state index in [0.29, 0.717) is 12.8 Å². The molecule has 0 unspecified atom stereocenters. The number of esters is 2. The summed E-state index contributed by atoms with van der Waals surface area (Å²) in [5.74, 6) is -0.122. The van der Waals surface area contributed by atoms with Gasteiger partial charge in [0.25, 0.3) is 0 Å². The van der Waals surface area contributed by atoms with Crippen molar-refractivity contribution in [3.05, 3.63) is 24.3 Å². The molecule has 166 valence electrons. The highest BCUT2D eigenvalue weighted by atomic mass is 16.6. The van der Waals surface area contributed by atoms with Crippen LogP contribution < -0.4 is 0 Å². The number of hydrogen-bond acceptors (Lipinski definition) is 5. The van der Waals surface area contributed by atoms with Crippen molar-refractivity contribution >= 4 is 11.9 Å². The third kappa shape index (κ3) is 8.33. The van der Waals surface area contributed by atoms with Crippen molar-refractivity contribution in [2.75, 3.05) is 7.11 Å². The summed E-state index contributed by atoms with van der Waals surface area (Å²) in [4.78, 5) is 24.2. The van der Waals surface area contributed by atoms with E-state index in [4.69, 9.17) is 14.2 Å². The second-order valence-electron chi connectivity index (χ2n) is 8.12. The van der Waals surface area contributed by atoms with Crippen LogP contribution in [0.1, 0.15) is 73.1 Å². The van der Waals surface area contributed by atoms with Crippen LogP contribution in [0.5, 0.6) is 0 Å². The molecular weight excluding hydrogens is 368 g/mol. The number of carbonyl (C=O) groups is 2. The fourth-order valence-electron chi connectivity index (χ4n) is 4.03. The number of methoxy groups -OCH3 is 1. The van der Waals surface area contributed by atoms with Gasteiger partial charge in [0.2, 0.25) is 0 Å². The molecule has 0 fully saturated rings. The van der Waals surface area contributed by atoms with Gasteiger partial charge in [-0.25, -0.2) is 4.79 Å². The lowest BCUT2D eigenvalue weighted by Crippen LogP contribution is -2.42. The minimum Gasteiger partial charge on any atom is -0.462 e. The van der Waals surface area contributed by atoms with Gasteiger partial charge in [0.05, 0.1) is 6.10 Å². The Bertz CT molecular complexity index is 553. The average molecular weight is 409 g/mol. The third-order valence-electron chi connectivity index (χ3n) is 5.86. The first-order valence-electron chi connectivity index (χ1n) is 11.1. The van der Waals surface area contributed by atoms with Gasteiger partial charge < -0.3 is 14.2 Å². The number of unbranched alkanes of at least 4 members (excludes halogenated alkanes) is 1. The monoisotopic (exact) mass is 408 g/mol. The Morgan fingerprint density at radius 2 is 2.03 bits per heavy atom. The Balaban J connectivity index is 3.00. The molecule has 0 radical (unpaired) electrons. The molecule has 0 aromatic heterocycles. The number of allylic oxidation sites excluding steroid dienone is 2. The standard InChI is InChI=1S/C24H40O5/c1-7-10-12-17(4)24(27-6)18(5)20(28-22(25)13-11-8-2)16-21-19(9-3)14-15-23(26)29-21/h7,10,14-15,17-21,24H,8-9,11-13,16H2,1-6H3/b10-7+/t17-,18-,19+,20+,21+,24+/m0/s1. The molecule has 1 aliphatic rings. The van der Waals surface area contributed by atoms with E-state index < -0.39 is 0 Å². The number of ether oxygens (including phenoxy) is 3. The van der Waals surface area contributed by atoms with Crippen LogP contribution in [-0.2, 0) is 23.8 Å². The van der Waals surface area contributed by atoms with E-state index in [1.165, 1.54) is 6.08 Å². The predicted molar refractivity (Wildman–Crippen MR) is 115 cm³/mol. The van der Waals surface area contributed by atoms with E-state index in [-0.39, 0.29) is 48.0 Å². The minimum atomic E-state index is -0.365. The largest absolute Gasteiger partial charge is 0.462 e. The summed E-state index contributed by atoms with van der Waals surface area (Å²) in [5.41, 5.74) is 0. The van der Waals surface area contributed by atoms with Crippen molar-refractivity contribution in [1.82, 2.24) is 0 Å². The van der Waals surface area contributed by atoms with Crippen LogP contribution in [0.25, 0.3) is 0 Å². The highest BCUT2D eigenvalue weighted by molar-refractivity contribution is 5.83. The fraction of sp³-hybridized carbons (Fsp3) is 0.750. The second kappa shape index (κ2) is 13.6. The normalized spacial score (nSPS) is 23.4. The van der Waals surface area contributed by atoms with Crippen molar-refractivity contribution in [3.8, 4) is 0 Å². The molecule has 0 N–H and O–H groups in total. The van der Waals surface area contributed by atoms with Gasteiger partial charge in [-0.15, -0.1) is 0 Å². The summed E-state index contributed by atoms with van der Waals surface area (Å²) >= 11 is 0. The van der Waals surface area contributed by atoms with Crippen molar-refractivity contribution in [1.29, 1.82) is 0 Å². The average Bonchev–Trinajstić information content (AvgIpc) is 2.70. The second-order valence-corrected chi connectivity index (χ2v) is 8.12. The molecule has 29 heavy (non-hydrogen) atoms. The maximum atomic E-state index is 12.4. The van der Waals surface area contributed by atoms with Gasteiger partial charge in [0, 0.05) is 37.9 Å². The van der Waals surface area contributed by atoms with E-state index in [2.05, 4.69) is 33.8 Å². The van der Waals surface area contributed by atoms with Crippen LogP contribution in [0.15, 0.2) is 24.3 Å². The SMILES string of the molecule is C/C=C/C[C@H](C)[C@@H](OC)[C@@H](C)[C@@H](C[C@H]1OC(=O)C=C[C@H]1CC)OC(=O)CCCC. The summed E-state index contributed by atoms with van der Waals surface area (Å²) in [6, 6.07) is 0. The van der Waals surface area contributed by atoms with Crippen LogP contribution >= 0.6 is 0 Å². The molecular formula is C24H40O5. The maximum Gasteiger partial charge on any atom is 0.330 e. The molecule has 5 heteroatoms. The van der Waals surface area contributed by atoms with Crippen LogP contribution in [-0.4, -0.2) is 37.4 Å². The van der Waals surface area contributed by atoms with E-state index >= 15 is 0 Å². The highest BCUT2D eigenvalue weighted by Crippen LogP contribution is 2.31. The molecule has 0 saturated heterocycles. The fourth-order valence-corrected chi connectivity index (χ4v) is 4.03. The summed E-state index contributed by atoms with van der Waals surface area (Å²) in [6.07, 6.45) is 11.3. The topological polar surface area (TPSA) is 61.8 Å². The van der Waals surface area contributed by atoms with E-state index in [1.54, 1.807) is 7.11 Å². The van der Waals surface area contributed by atoms with E-state index in [0.717, 1.165) is 25.7 Å². The number of hydrogen-bond donors (Lipinski definition) is 0.